The summed E-state index contributed by atoms with van der Waals surface area (Å²) >= 11 is 3.22. The highest BCUT2D eigenvalue weighted by Gasteiger charge is 2.19. The summed E-state index contributed by atoms with van der Waals surface area (Å²) in [5.41, 5.74) is 0.547. The third kappa shape index (κ3) is 5.07. The number of aliphatic hydroxyl groups excluding tert-OH is 1. The molecule has 0 aliphatic rings. The molecule has 1 atom stereocenters. The predicted octanol–water partition coefficient (Wildman–Crippen LogP) is 2.41. The number of hydrogen-bond acceptors (Lipinski definition) is 5. The smallest absolute Gasteiger partial charge is 0.312 e. The summed E-state index contributed by atoms with van der Waals surface area (Å²) in [7, 11) is 0. The normalized spacial score (nSPS) is 12.2. The van der Waals surface area contributed by atoms with Gasteiger partial charge in [0.25, 0.3) is 0 Å². The van der Waals surface area contributed by atoms with Crippen molar-refractivity contribution >= 4 is 21.6 Å². The second-order valence-corrected chi connectivity index (χ2v) is 5.41. The SMILES string of the molecule is CCCNCC(O)COc1c(C)cc(Br)cc1[N+](=O)[O-]. The maximum absolute atomic E-state index is 11.0. The Morgan fingerprint density at radius 3 is 2.85 bits per heavy atom. The van der Waals surface area contributed by atoms with Crippen molar-refractivity contribution in [3.8, 4) is 5.75 Å². The van der Waals surface area contributed by atoms with Gasteiger partial charge in [0.05, 0.1) is 4.92 Å². The van der Waals surface area contributed by atoms with Crippen LogP contribution in [-0.4, -0.2) is 35.8 Å². The molecule has 0 radical (unpaired) electrons. The molecule has 0 spiro atoms. The van der Waals surface area contributed by atoms with Crippen molar-refractivity contribution in [1.29, 1.82) is 0 Å². The van der Waals surface area contributed by atoms with Crippen LogP contribution in [0.15, 0.2) is 16.6 Å². The second-order valence-electron chi connectivity index (χ2n) is 4.50. The summed E-state index contributed by atoms with van der Waals surface area (Å²) < 4.78 is 6.05. The summed E-state index contributed by atoms with van der Waals surface area (Å²) in [4.78, 5) is 10.5. The molecule has 0 fully saturated rings. The molecule has 0 heterocycles. The second kappa shape index (κ2) is 8.18. The number of nitro groups is 1. The van der Waals surface area contributed by atoms with Crippen molar-refractivity contribution in [2.75, 3.05) is 19.7 Å². The van der Waals surface area contributed by atoms with E-state index >= 15 is 0 Å². The van der Waals surface area contributed by atoms with Crippen molar-refractivity contribution in [1.82, 2.24) is 5.32 Å². The highest BCUT2D eigenvalue weighted by atomic mass is 79.9. The fourth-order valence-electron chi connectivity index (χ4n) is 1.72. The first-order valence-electron chi connectivity index (χ1n) is 6.41. The molecule has 112 valence electrons. The lowest BCUT2D eigenvalue weighted by Gasteiger charge is -2.14. The van der Waals surface area contributed by atoms with E-state index in [1.54, 1.807) is 13.0 Å². The molecule has 1 unspecified atom stereocenters. The van der Waals surface area contributed by atoms with Crippen molar-refractivity contribution in [2.45, 2.75) is 26.4 Å². The van der Waals surface area contributed by atoms with Gasteiger partial charge in [0.2, 0.25) is 0 Å². The third-order valence-electron chi connectivity index (χ3n) is 2.64. The molecule has 20 heavy (non-hydrogen) atoms. The lowest BCUT2D eigenvalue weighted by molar-refractivity contribution is -0.386. The first kappa shape index (κ1) is 16.9. The highest BCUT2D eigenvalue weighted by Crippen LogP contribution is 2.34. The number of nitro benzene ring substituents is 1. The Balaban J connectivity index is 2.70. The van der Waals surface area contributed by atoms with Crippen molar-refractivity contribution in [3.05, 3.63) is 32.3 Å². The molecule has 0 aliphatic heterocycles. The standard InChI is InChI=1S/C13H19BrN2O4/c1-3-4-15-7-11(17)8-20-13-9(2)5-10(14)6-12(13)16(18)19/h5-6,11,15,17H,3-4,7-8H2,1-2H3. The van der Waals surface area contributed by atoms with E-state index in [2.05, 4.69) is 21.2 Å². The number of benzene rings is 1. The summed E-state index contributed by atoms with van der Waals surface area (Å²) in [6.07, 6.45) is 0.273. The molecule has 1 aromatic rings. The monoisotopic (exact) mass is 346 g/mol. The van der Waals surface area contributed by atoms with Crippen LogP contribution >= 0.6 is 15.9 Å². The molecule has 0 amide bonds. The number of ether oxygens (including phenoxy) is 1. The zero-order valence-corrected chi connectivity index (χ0v) is 13.1. The zero-order chi connectivity index (χ0) is 15.1. The predicted molar refractivity (Wildman–Crippen MR) is 80.2 cm³/mol. The van der Waals surface area contributed by atoms with Gasteiger partial charge >= 0.3 is 5.69 Å². The molecular weight excluding hydrogens is 328 g/mol. The summed E-state index contributed by atoms with van der Waals surface area (Å²) in [6.45, 7) is 4.99. The lowest BCUT2D eigenvalue weighted by Crippen LogP contribution is -2.32. The highest BCUT2D eigenvalue weighted by molar-refractivity contribution is 9.10. The Morgan fingerprint density at radius 2 is 2.25 bits per heavy atom. The van der Waals surface area contributed by atoms with Crippen LogP contribution in [0.3, 0.4) is 0 Å². The van der Waals surface area contributed by atoms with Crippen LogP contribution < -0.4 is 10.1 Å². The molecule has 0 saturated heterocycles. The lowest BCUT2D eigenvalue weighted by atomic mass is 10.2. The van der Waals surface area contributed by atoms with Gasteiger partial charge in [0, 0.05) is 17.1 Å². The van der Waals surface area contributed by atoms with Crippen molar-refractivity contribution in [3.63, 3.8) is 0 Å². The summed E-state index contributed by atoms with van der Waals surface area (Å²) in [6, 6.07) is 3.13. The van der Waals surface area contributed by atoms with Gasteiger partial charge in [-0.3, -0.25) is 10.1 Å². The van der Waals surface area contributed by atoms with Crippen molar-refractivity contribution < 1.29 is 14.8 Å². The van der Waals surface area contributed by atoms with Gasteiger partial charge in [-0.15, -0.1) is 0 Å². The molecule has 0 aliphatic carbocycles. The topological polar surface area (TPSA) is 84.6 Å². The van der Waals surface area contributed by atoms with Crippen LogP contribution in [0.25, 0.3) is 0 Å². The van der Waals surface area contributed by atoms with E-state index < -0.39 is 11.0 Å². The third-order valence-corrected chi connectivity index (χ3v) is 3.10. The Bertz CT molecular complexity index is 468. The average molecular weight is 347 g/mol. The first-order chi connectivity index (χ1) is 9.45. The van der Waals surface area contributed by atoms with Gasteiger partial charge in [-0.05, 0) is 31.5 Å². The maximum Gasteiger partial charge on any atom is 0.312 e. The fraction of sp³-hybridized carbons (Fsp3) is 0.538. The van der Waals surface area contributed by atoms with Gasteiger partial charge < -0.3 is 15.2 Å². The van der Waals surface area contributed by atoms with E-state index in [1.807, 2.05) is 6.92 Å². The molecule has 1 aromatic carbocycles. The van der Waals surface area contributed by atoms with E-state index in [9.17, 15) is 15.2 Å². The molecule has 2 N–H and O–H groups in total. The molecule has 7 heteroatoms. The van der Waals surface area contributed by atoms with Gasteiger partial charge in [-0.25, -0.2) is 0 Å². The van der Waals surface area contributed by atoms with Crippen LogP contribution in [0.5, 0.6) is 5.75 Å². The average Bonchev–Trinajstić information content (AvgIpc) is 2.37. The number of aliphatic hydroxyl groups is 1. The van der Waals surface area contributed by atoms with Gasteiger partial charge in [0.15, 0.2) is 5.75 Å². The Labute approximate surface area is 126 Å². The van der Waals surface area contributed by atoms with Crippen LogP contribution in [0.2, 0.25) is 0 Å². The first-order valence-corrected chi connectivity index (χ1v) is 7.21. The number of halogens is 1. The molecular formula is C13H19BrN2O4. The van der Waals surface area contributed by atoms with Crippen LogP contribution in [0, 0.1) is 17.0 Å². The molecule has 1 rings (SSSR count). The maximum atomic E-state index is 11.0. The fourth-order valence-corrected chi connectivity index (χ4v) is 2.28. The zero-order valence-electron chi connectivity index (χ0n) is 11.6. The minimum atomic E-state index is -0.704. The molecule has 6 nitrogen and oxygen atoms in total. The molecule has 0 saturated carbocycles. The number of hydrogen-bond donors (Lipinski definition) is 2. The Morgan fingerprint density at radius 1 is 1.55 bits per heavy atom. The van der Waals surface area contributed by atoms with Gasteiger partial charge in [-0.2, -0.15) is 0 Å². The Hall–Kier alpha value is -1.18. The number of nitrogens with one attached hydrogen (secondary N) is 1. The van der Waals surface area contributed by atoms with E-state index in [0.717, 1.165) is 13.0 Å². The molecule has 0 bridgehead atoms. The van der Waals surface area contributed by atoms with E-state index in [1.165, 1.54) is 6.07 Å². The van der Waals surface area contributed by atoms with Crippen LogP contribution in [0.4, 0.5) is 5.69 Å². The van der Waals surface area contributed by atoms with Crippen LogP contribution in [0.1, 0.15) is 18.9 Å². The number of aryl methyl sites for hydroxylation is 1. The van der Waals surface area contributed by atoms with E-state index in [4.69, 9.17) is 4.74 Å². The summed E-state index contributed by atoms with van der Waals surface area (Å²) in [5, 5.41) is 23.8. The number of rotatable bonds is 8. The van der Waals surface area contributed by atoms with Gasteiger partial charge in [0.1, 0.15) is 12.7 Å². The summed E-state index contributed by atoms with van der Waals surface area (Å²) in [5.74, 6) is 0.202. The minimum Gasteiger partial charge on any atom is -0.484 e. The Kier molecular flexibility index (Phi) is 6.90. The van der Waals surface area contributed by atoms with E-state index in [0.29, 0.717) is 16.6 Å². The minimum absolute atomic E-state index is 0.0139. The van der Waals surface area contributed by atoms with Gasteiger partial charge in [-0.1, -0.05) is 22.9 Å². The van der Waals surface area contributed by atoms with E-state index in [-0.39, 0.29) is 18.0 Å². The quantitative estimate of drug-likeness (QED) is 0.429. The largest absolute Gasteiger partial charge is 0.484 e. The number of nitrogens with zero attached hydrogens (tertiary/aromatic N) is 1. The molecule has 0 aromatic heterocycles. The van der Waals surface area contributed by atoms with Crippen molar-refractivity contribution in [2.24, 2.45) is 0 Å². The van der Waals surface area contributed by atoms with Crippen LogP contribution in [-0.2, 0) is 0 Å².